The predicted octanol–water partition coefficient (Wildman–Crippen LogP) is 2.55. The zero-order chi connectivity index (χ0) is 23.2. The predicted molar refractivity (Wildman–Crippen MR) is 102 cm³/mol. The molecule has 0 saturated heterocycles. The highest BCUT2D eigenvalue weighted by Crippen LogP contribution is 2.44. The molecular formula is C19H18F4N4O4. The van der Waals surface area contributed by atoms with Crippen molar-refractivity contribution in [3.05, 3.63) is 59.4 Å². The second-order valence-electron chi connectivity index (χ2n) is 6.46. The van der Waals surface area contributed by atoms with Crippen molar-refractivity contribution in [3.8, 4) is 0 Å². The molecule has 0 spiro atoms. The number of nitrogens with zero attached hydrogens (tertiary/aromatic N) is 2. The maximum Gasteiger partial charge on any atom is 0.299 e. The highest BCUT2D eigenvalue weighted by molar-refractivity contribution is 6.03. The summed E-state index contributed by atoms with van der Waals surface area (Å²) in [6, 6.07) is 5.41. The first kappa shape index (κ1) is 23.7. The molecule has 4 N–H and O–H groups in total. The van der Waals surface area contributed by atoms with Gasteiger partial charge in [-0.05, 0) is 37.3 Å². The molecule has 1 atom stereocenters. The summed E-state index contributed by atoms with van der Waals surface area (Å²) < 4.78 is 62.3. The smallest absolute Gasteiger partial charge is 0.299 e. The largest absolute Gasteiger partial charge is 0.483 e. The number of amides is 1. The molecule has 1 aromatic heterocycles. The minimum absolute atomic E-state index is 0.0394. The summed E-state index contributed by atoms with van der Waals surface area (Å²) in [5, 5.41) is 9.20. The molecule has 0 fully saturated rings. The number of hydrogen-bond acceptors (Lipinski definition) is 6. The highest BCUT2D eigenvalue weighted by atomic mass is 19.3. The summed E-state index contributed by atoms with van der Waals surface area (Å²) in [6.45, 7) is -0.554. The fraction of sp³-hybridized carbons (Fsp3) is 0.263. The number of carbonyl (C=O) groups excluding carboxylic acids is 1. The molecule has 2 heterocycles. The summed E-state index contributed by atoms with van der Waals surface area (Å²) in [5.74, 6) is -6.55. The van der Waals surface area contributed by atoms with Crippen LogP contribution in [0.15, 0.2) is 41.5 Å². The number of carboxylic acid groups (broad SMARTS) is 1. The number of ether oxygens (including phenoxy) is 1. The number of carbonyl (C=O) groups is 2. The Balaban J connectivity index is 0.00000107. The van der Waals surface area contributed by atoms with Crippen molar-refractivity contribution in [1.82, 2.24) is 4.98 Å². The Hall–Kier alpha value is -3.54. The molecule has 0 bridgehead atoms. The van der Waals surface area contributed by atoms with E-state index in [-0.39, 0.29) is 24.6 Å². The zero-order valence-electron chi connectivity index (χ0n) is 16.1. The number of rotatable bonds is 3. The second-order valence-corrected chi connectivity index (χ2v) is 6.46. The summed E-state index contributed by atoms with van der Waals surface area (Å²) in [6.07, 6.45) is 1.22. The monoisotopic (exact) mass is 442 g/mol. The number of nitrogens with one attached hydrogen (secondary N) is 1. The molecule has 0 radical (unpaired) electrons. The third kappa shape index (κ3) is 5.15. The van der Waals surface area contributed by atoms with Crippen molar-refractivity contribution in [3.63, 3.8) is 0 Å². The normalized spacial score (nSPS) is 19.8. The van der Waals surface area contributed by atoms with Crippen LogP contribution in [-0.2, 0) is 15.1 Å². The molecular weight excluding hydrogens is 424 g/mol. The van der Waals surface area contributed by atoms with Gasteiger partial charge < -0.3 is 20.9 Å². The molecule has 1 aromatic carbocycles. The molecule has 1 amide bonds. The summed E-state index contributed by atoms with van der Waals surface area (Å²) in [7, 11) is 0. The Kier molecular flexibility index (Phi) is 7.28. The Morgan fingerprint density at radius 3 is 2.61 bits per heavy atom. The van der Waals surface area contributed by atoms with Crippen LogP contribution >= 0.6 is 0 Å². The average Bonchev–Trinajstić information content (AvgIpc) is 2.79. The van der Waals surface area contributed by atoms with Gasteiger partial charge in [-0.25, -0.2) is 22.5 Å². The van der Waals surface area contributed by atoms with E-state index in [1.807, 2.05) is 0 Å². The van der Waals surface area contributed by atoms with Crippen LogP contribution in [0.5, 0.6) is 0 Å². The number of aromatic nitrogens is 1. The molecule has 2 aromatic rings. The first-order chi connectivity index (χ1) is 14.6. The topological polar surface area (TPSA) is 127 Å². The van der Waals surface area contributed by atoms with Crippen LogP contribution in [0.2, 0.25) is 0 Å². The fourth-order valence-electron chi connectivity index (χ4n) is 2.80. The molecule has 166 valence electrons. The van der Waals surface area contributed by atoms with Crippen molar-refractivity contribution < 1.29 is 37.0 Å². The Labute approximate surface area is 173 Å². The van der Waals surface area contributed by atoms with E-state index in [9.17, 15) is 22.4 Å². The van der Waals surface area contributed by atoms with E-state index < -0.39 is 46.9 Å². The van der Waals surface area contributed by atoms with E-state index in [0.29, 0.717) is 0 Å². The SMILES string of the molecule is C[C@]1(c2cc(NC(=O)c3ncccc3F)ccc2F)N=C(N)COCC1(F)F.O=CO. The Morgan fingerprint density at radius 2 is 1.97 bits per heavy atom. The maximum absolute atomic E-state index is 14.7. The molecule has 12 heteroatoms. The van der Waals surface area contributed by atoms with Gasteiger partial charge in [0.2, 0.25) is 0 Å². The Bertz CT molecular complexity index is 1000. The lowest BCUT2D eigenvalue weighted by atomic mass is 9.85. The lowest BCUT2D eigenvalue weighted by Gasteiger charge is -2.33. The van der Waals surface area contributed by atoms with Gasteiger partial charge in [-0.3, -0.25) is 14.6 Å². The van der Waals surface area contributed by atoms with Crippen LogP contribution in [0, 0.1) is 11.6 Å². The van der Waals surface area contributed by atoms with E-state index in [2.05, 4.69) is 15.3 Å². The zero-order valence-corrected chi connectivity index (χ0v) is 16.1. The molecule has 0 saturated carbocycles. The average molecular weight is 442 g/mol. The van der Waals surface area contributed by atoms with E-state index in [0.717, 1.165) is 31.2 Å². The molecule has 1 aliphatic rings. The molecule has 3 rings (SSSR count). The fourth-order valence-corrected chi connectivity index (χ4v) is 2.80. The van der Waals surface area contributed by atoms with Gasteiger partial charge >= 0.3 is 0 Å². The van der Waals surface area contributed by atoms with Gasteiger partial charge in [-0.1, -0.05) is 0 Å². The third-order valence-electron chi connectivity index (χ3n) is 4.33. The van der Waals surface area contributed by atoms with Crippen molar-refractivity contribution in [2.24, 2.45) is 10.7 Å². The van der Waals surface area contributed by atoms with Crippen molar-refractivity contribution in [1.29, 1.82) is 0 Å². The maximum atomic E-state index is 14.7. The van der Waals surface area contributed by atoms with E-state index in [1.165, 1.54) is 12.3 Å². The highest BCUT2D eigenvalue weighted by Gasteiger charge is 2.54. The van der Waals surface area contributed by atoms with Crippen molar-refractivity contribution in [2.75, 3.05) is 18.5 Å². The first-order valence-electron chi connectivity index (χ1n) is 8.65. The molecule has 0 aliphatic carbocycles. The van der Waals surface area contributed by atoms with Crippen LogP contribution in [0.3, 0.4) is 0 Å². The molecule has 8 nitrogen and oxygen atoms in total. The number of nitrogens with two attached hydrogens (primary N) is 1. The van der Waals surface area contributed by atoms with Gasteiger partial charge in [0.1, 0.15) is 24.9 Å². The van der Waals surface area contributed by atoms with Crippen LogP contribution in [-0.4, -0.2) is 47.4 Å². The third-order valence-corrected chi connectivity index (χ3v) is 4.33. The number of amidine groups is 1. The number of alkyl halides is 2. The molecule has 0 unspecified atom stereocenters. The van der Waals surface area contributed by atoms with E-state index in [1.54, 1.807) is 0 Å². The van der Waals surface area contributed by atoms with Gasteiger partial charge in [0.15, 0.2) is 17.1 Å². The lowest BCUT2D eigenvalue weighted by Crippen LogP contribution is -2.45. The minimum Gasteiger partial charge on any atom is -0.483 e. The summed E-state index contributed by atoms with van der Waals surface area (Å²) in [5.41, 5.74) is 2.19. The van der Waals surface area contributed by atoms with Crippen molar-refractivity contribution in [2.45, 2.75) is 18.4 Å². The number of aliphatic imine (C=N–C) groups is 1. The Morgan fingerprint density at radius 1 is 1.29 bits per heavy atom. The molecule has 1 aliphatic heterocycles. The quantitative estimate of drug-likeness (QED) is 0.495. The number of halogens is 4. The van der Waals surface area contributed by atoms with Crippen LogP contribution in [0.4, 0.5) is 23.2 Å². The van der Waals surface area contributed by atoms with E-state index in [4.69, 9.17) is 20.4 Å². The van der Waals surface area contributed by atoms with Gasteiger partial charge in [0, 0.05) is 17.4 Å². The number of pyridine rings is 1. The van der Waals surface area contributed by atoms with Crippen LogP contribution in [0.1, 0.15) is 23.0 Å². The number of anilines is 1. The van der Waals surface area contributed by atoms with Gasteiger partial charge in [-0.15, -0.1) is 0 Å². The van der Waals surface area contributed by atoms with Gasteiger partial charge in [0.05, 0.1) is 0 Å². The van der Waals surface area contributed by atoms with Crippen LogP contribution < -0.4 is 11.1 Å². The van der Waals surface area contributed by atoms with Gasteiger partial charge in [-0.2, -0.15) is 0 Å². The second kappa shape index (κ2) is 9.51. The standard InChI is InChI=1S/C18H16F4N4O2.CH2O2/c1-17(18(21,22)9-28-8-14(23)26-17)11-7-10(4-5-12(11)19)25-16(27)15-13(20)3-2-6-24-15;2-1-3/h2-7H,8-9H2,1H3,(H2,23,26)(H,25,27);1H,(H,2,3)/t17-;/m1./s1. The minimum atomic E-state index is -3.58. The van der Waals surface area contributed by atoms with Gasteiger partial charge in [0.25, 0.3) is 18.3 Å². The molecule has 31 heavy (non-hydrogen) atoms. The summed E-state index contributed by atoms with van der Waals surface area (Å²) in [4.78, 5) is 28.0. The number of hydrogen-bond donors (Lipinski definition) is 3. The van der Waals surface area contributed by atoms with E-state index >= 15 is 0 Å². The first-order valence-corrected chi connectivity index (χ1v) is 8.65. The number of benzene rings is 1. The van der Waals surface area contributed by atoms with Crippen LogP contribution in [0.25, 0.3) is 0 Å². The van der Waals surface area contributed by atoms with Crippen molar-refractivity contribution >= 4 is 23.9 Å². The lowest BCUT2D eigenvalue weighted by molar-refractivity contribution is -0.122. The summed E-state index contributed by atoms with van der Waals surface area (Å²) >= 11 is 0.